The molecule has 25 heavy (non-hydrogen) atoms. The first kappa shape index (κ1) is 20.6. The Morgan fingerprint density at radius 1 is 1.24 bits per heavy atom. The van der Waals surface area contributed by atoms with Gasteiger partial charge in [-0.05, 0) is 43.0 Å². The third-order valence-corrected chi connectivity index (χ3v) is 4.17. The molecule has 2 nitrogen and oxygen atoms in total. The molecule has 0 aliphatic carbocycles. The summed E-state index contributed by atoms with van der Waals surface area (Å²) in [6.07, 6.45) is 8.98. The number of nitrogens with zero attached hydrogens (tertiary/aromatic N) is 1. The molecule has 0 saturated carbocycles. The fourth-order valence-electron chi connectivity index (χ4n) is 2.36. The molecule has 0 fully saturated rings. The summed E-state index contributed by atoms with van der Waals surface area (Å²) in [4.78, 5) is 17.0. The number of allylic oxidation sites excluding steroid dienone is 4. The monoisotopic (exact) mass is 335 g/mol. The van der Waals surface area contributed by atoms with Crippen molar-refractivity contribution in [3.05, 3.63) is 78.0 Å². The second-order valence-corrected chi connectivity index (χ2v) is 6.07. The van der Waals surface area contributed by atoms with Crippen LogP contribution in [0.5, 0.6) is 0 Å². The number of benzene rings is 1. The van der Waals surface area contributed by atoms with Gasteiger partial charge in [0.05, 0.1) is 5.70 Å². The second-order valence-electron chi connectivity index (χ2n) is 6.07. The minimum absolute atomic E-state index is 0.0502. The predicted molar refractivity (Wildman–Crippen MR) is 110 cm³/mol. The van der Waals surface area contributed by atoms with Crippen molar-refractivity contribution in [3.63, 3.8) is 0 Å². The summed E-state index contributed by atoms with van der Waals surface area (Å²) in [5, 5.41) is 0. The van der Waals surface area contributed by atoms with E-state index in [2.05, 4.69) is 49.3 Å². The van der Waals surface area contributed by atoms with E-state index in [0.717, 1.165) is 24.1 Å². The quantitative estimate of drug-likeness (QED) is 0.311. The van der Waals surface area contributed by atoms with Gasteiger partial charge in [0, 0.05) is 17.2 Å². The fourth-order valence-corrected chi connectivity index (χ4v) is 2.36. The van der Waals surface area contributed by atoms with E-state index >= 15 is 0 Å². The van der Waals surface area contributed by atoms with Crippen LogP contribution < -0.4 is 0 Å². The number of carbonyl (C=O) groups is 1. The lowest BCUT2D eigenvalue weighted by Gasteiger charge is -2.10. The highest BCUT2D eigenvalue weighted by molar-refractivity contribution is 6.02. The molecule has 0 bridgehead atoms. The standard InChI is InChI=1S/C23H29NO/c1-7-17(5)23(25)21(9-3)22(10-4)24-18(6)14-15-20-13-11-12-19(8-2)16-20/h9-17H,3-4,7-8H2,1-2,5-6H3/b15-14+,22-21-,24-18+. The lowest BCUT2D eigenvalue weighted by molar-refractivity contribution is -0.118. The van der Waals surface area contributed by atoms with E-state index in [0.29, 0.717) is 11.3 Å². The summed E-state index contributed by atoms with van der Waals surface area (Å²) in [5.41, 5.74) is 4.36. The second kappa shape index (κ2) is 10.4. The molecule has 0 heterocycles. The van der Waals surface area contributed by atoms with E-state index < -0.39 is 0 Å². The van der Waals surface area contributed by atoms with Crippen LogP contribution in [0.15, 0.2) is 71.9 Å². The molecule has 0 radical (unpaired) electrons. The Kier molecular flexibility index (Phi) is 8.55. The van der Waals surface area contributed by atoms with Crippen LogP contribution in [0.4, 0.5) is 0 Å². The lowest BCUT2D eigenvalue weighted by Crippen LogP contribution is -2.13. The summed E-state index contributed by atoms with van der Waals surface area (Å²) in [6.45, 7) is 15.6. The van der Waals surface area contributed by atoms with Crippen molar-refractivity contribution >= 4 is 17.6 Å². The maximum Gasteiger partial charge on any atom is 0.167 e. The van der Waals surface area contributed by atoms with Crippen molar-refractivity contribution < 1.29 is 4.79 Å². The third kappa shape index (κ3) is 6.15. The van der Waals surface area contributed by atoms with Crippen molar-refractivity contribution in [3.8, 4) is 0 Å². The Hall–Kier alpha value is -2.48. The summed E-state index contributed by atoms with van der Waals surface area (Å²) in [5.74, 6) is 0.00867. The van der Waals surface area contributed by atoms with Gasteiger partial charge in [0.25, 0.3) is 0 Å². The predicted octanol–water partition coefficient (Wildman–Crippen LogP) is 5.96. The number of rotatable bonds is 9. The molecule has 1 unspecified atom stereocenters. The molecule has 0 amide bonds. The van der Waals surface area contributed by atoms with Gasteiger partial charge in [0.15, 0.2) is 5.78 Å². The van der Waals surface area contributed by atoms with Crippen molar-refractivity contribution in [2.24, 2.45) is 10.9 Å². The van der Waals surface area contributed by atoms with Gasteiger partial charge in [-0.3, -0.25) is 9.79 Å². The van der Waals surface area contributed by atoms with Gasteiger partial charge in [0.1, 0.15) is 0 Å². The lowest BCUT2D eigenvalue weighted by atomic mass is 9.95. The smallest absolute Gasteiger partial charge is 0.167 e. The van der Waals surface area contributed by atoms with Gasteiger partial charge in [-0.1, -0.05) is 70.3 Å². The molecule has 1 aromatic rings. The SMILES string of the molecule is C=CC(/N=C(C)/C=C/c1cccc(CC)c1)=C(\C=C)C(=O)C(C)CC. The fraction of sp³-hybridized carbons (Fsp3) is 0.304. The zero-order valence-corrected chi connectivity index (χ0v) is 15.9. The van der Waals surface area contributed by atoms with Gasteiger partial charge in [-0.25, -0.2) is 0 Å². The van der Waals surface area contributed by atoms with E-state index in [1.807, 2.05) is 32.9 Å². The third-order valence-electron chi connectivity index (χ3n) is 4.17. The zero-order valence-electron chi connectivity index (χ0n) is 15.9. The summed E-state index contributed by atoms with van der Waals surface area (Å²) in [6, 6.07) is 8.40. The summed E-state index contributed by atoms with van der Waals surface area (Å²) in [7, 11) is 0. The van der Waals surface area contributed by atoms with Crippen molar-refractivity contribution in [1.82, 2.24) is 0 Å². The molecule has 0 N–H and O–H groups in total. The molecule has 0 aliphatic heterocycles. The van der Waals surface area contributed by atoms with E-state index in [9.17, 15) is 4.79 Å². The normalized spacial score (nSPS) is 14.2. The van der Waals surface area contributed by atoms with E-state index in [1.54, 1.807) is 12.2 Å². The molecule has 132 valence electrons. The van der Waals surface area contributed by atoms with Gasteiger partial charge >= 0.3 is 0 Å². The van der Waals surface area contributed by atoms with Crippen LogP contribution in [0.25, 0.3) is 6.08 Å². The van der Waals surface area contributed by atoms with Crippen LogP contribution in [0.1, 0.15) is 45.2 Å². The van der Waals surface area contributed by atoms with Crippen LogP contribution in [0.2, 0.25) is 0 Å². The van der Waals surface area contributed by atoms with E-state index in [4.69, 9.17) is 0 Å². The van der Waals surface area contributed by atoms with Crippen molar-refractivity contribution in [2.45, 2.75) is 40.5 Å². The van der Waals surface area contributed by atoms with Crippen LogP contribution in [0.3, 0.4) is 0 Å². The Morgan fingerprint density at radius 2 is 1.96 bits per heavy atom. The highest BCUT2D eigenvalue weighted by Gasteiger charge is 2.16. The molecule has 0 spiro atoms. The van der Waals surface area contributed by atoms with E-state index in [-0.39, 0.29) is 11.7 Å². The Balaban J connectivity index is 3.12. The van der Waals surface area contributed by atoms with Gasteiger partial charge in [-0.15, -0.1) is 0 Å². The number of hydrogen-bond donors (Lipinski definition) is 0. The number of Topliss-reactive ketones (excluding diaryl/α,β-unsaturated/α-hetero) is 1. The summed E-state index contributed by atoms with van der Waals surface area (Å²) >= 11 is 0. The molecule has 0 saturated heterocycles. The first-order valence-corrected chi connectivity index (χ1v) is 8.82. The average molecular weight is 335 g/mol. The highest BCUT2D eigenvalue weighted by atomic mass is 16.1. The van der Waals surface area contributed by atoms with Crippen molar-refractivity contribution in [1.29, 1.82) is 0 Å². The highest BCUT2D eigenvalue weighted by Crippen LogP contribution is 2.17. The molecular weight excluding hydrogens is 306 g/mol. The maximum absolute atomic E-state index is 12.5. The van der Waals surface area contributed by atoms with Gasteiger partial charge < -0.3 is 0 Å². The number of aryl methyl sites for hydroxylation is 1. The van der Waals surface area contributed by atoms with Crippen LogP contribution in [-0.4, -0.2) is 11.5 Å². The first-order chi connectivity index (χ1) is 12.0. The topological polar surface area (TPSA) is 29.4 Å². The van der Waals surface area contributed by atoms with Crippen LogP contribution in [0, 0.1) is 5.92 Å². The van der Waals surface area contributed by atoms with Crippen LogP contribution >= 0.6 is 0 Å². The molecule has 1 aromatic carbocycles. The van der Waals surface area contributed by atoms with E-state index in [1.165, 1.54) is 5.56 Å². The molecule has 1 rings (SSSR count). The van der Waals surface area contributed by atoms with Crippen LogP contribution in [-0.2, 0) is 11.2 Å². The minimum atomic E-state index is -0.0502. The van der Waals surface area contributed by atoms with Gasteiger partial charge in [0.2, 0.25) is 0 Å². The molecule has 1 atom stereocenters. The minimum Gasteiger partial charge on any atom is -0.294 e. The molecule has 2 heteroatoms. The molecule has 0 aromatic heterocycles. The Bertz CT molecular complexity index is 719. The maximum atomic E-state index is 12.5. The number of ketones is 1. The summed E-state index contributed by atoms with van der Waals surface area (Å²) < 4.78 is 0. The Labute approximate surface area is 152 Å². The zero-order chi connectivity index (χ0) is 18.8. The van der Waals surface area contributed by atoms with Crippen molar-refractivity contribution in [2.75, 3.05) is 0 Å². The average Bonchev–Trinajstić information content (AvgIpc) is 2.65. The number of hydrogen-bond acceptors (Lipinski definition) is 2. The number of aliphatic imine (C=N–C) groups is 1. The first-order valence-electron chi connectivity index (χ1n) is 8.82. The number of carbonyl (C=O) groups excluding carboxylic acids is 1. The molecular formula is C23H29NO. The largest absolute Gasteiger partial charge is 0.294 e. The van der Waals surface area contributed by atoms with Gasteiger partial charge in [-0.2, -0.15) is 0 Å². The Morgan fingerprint density at radius 3 is 2.52 bits per heavy atom. The molecule has 0 aliphatic rings.